The number of hydrogen-bond acceptors (Lipinski definition) is 3. The quantitative estimate of drug-likeness (QED) is 0.879. The van der Waals surface area contributed by atoms with Crippen molar-refractivity contribution in [3.05, 3.63) is 59.9 Å². The highest BCUT2D eigenvalue weighted by atomic mass is 19.1. The molecule has 0 radical (unpaired) electrons. The molecule has 1 amide bonds. The summed E-state index contributed by atoms with van der Waals surface area (Å²) in [6.45, 7) is 0.222. The molecular formula is C15H15FN2O2. The van der Waals surface area contributed by atoms with Crippen LogP contribution in [0, 0.1) is 5.82 Å². The molecule has 0 aliphatic carbocycles. The van der Waals surface area contributed by atoms with E-state index in [2.05, 4.69) is 5.32 Å². The zero-order chi connectivity index (χ0) is 14.4. The van der Waals surface area contributed by atoms with Crippen molar-refractivity contribution < 1.29 is 13.9 Å². The number of amides is 1. The summed E-state index contributed by atoms with van der Waals surface area (Å²) in [5.41, 5.74) is 7.10. The topological polar surface area (TPSA) is 64.3 Å². The van der Waals surface area contributed by atoms with E-state index in [1.54, 1.807) is 18.2 Å². The number of hydrogen-bond donors (Lipinski definition) is 2. The Balaban J connectivity index is 1.89. The molecule has 0 aliphatic heterocycles. The monoisotopic (exact) mass is 274 g/mol. The number of halogens is 1. The second kappa shape index (κ2) is 6.68. The molecule has 0 unspecified atom stereocenters. The van der Waals surface area contributed by atoms with Crippen LogP contribution in [0.1, 0.15) is 5.56 Å². The van der Waals surface area contributed by atoms with Crippen molar-refractivity contribution in [3.8, 4) is 5.75 Å². The summed E-state index contributed by atoms with van der Waals surface area (Å²) in [5, 5.41) is 2.69. The van der Waals surface area contributed by atoms with Gasteiger partial charge >= 0.3 is 0 Å². The van der Waals surface area contributed by atoms with Gasteiger partial charge in [-0.1, -0.05) is 18.2 Å². The summed E-state index contributed by atoms with van der Waals surface area (Å²) in [6.07, 6.45) is 0. The first-order chi connectivity index (χ1) is 9.67. The van der Waals surface area contributed by atoms with Gasteiger partial charge in [0, 0.05) is 18.3 Å². The zero-order valence-corrected chi connectivity index (χ0v) is 10.8. The van der Waals surface area contributed by atoms with Crippen LogP contribution in [0.25, 0.3) is 0 Å². The molecular weight excluding hydrogens is 259 g/mol. The highest BCUT2D eigenvalue weighted by molar-refractivity contribution is 5.91. The Morgan fingerprint density at radius 1 is 1.20 bits per heavy atom. The Kier molecular flexibility index (Phi) is 4.68. The van der Waals surface area contributed by atoms with Gasteiger partial charge in [-0.3, -0.25) is 4.79 Å². The lowest BCUT2D eigenvalue weighted by molar-refractivity contribution is -0.118. The molecule has 0 aromatic heterocycles. The summed E-state index contributed by atoms with van der Waals surface area (Å²) >= 11 is 0. The van der Waals surface area contributed by atoms with E-state index in [4.69, 9.17) is 10.5 Å². The first-order valence-corrected chi connectivity index (χ1v) is 6.14. The second-order valence-electron chi connectivity index (χ2n) is 4.20. The Labute approximate surface area is 116 Å². The van der Waals surface area contributed by atoms with Crippen LogP contribution in [-0.2, 0) is 11.3 Å². The van der Waals surface area contributed by atoms with Gasteiger partial charge in [0.1, 0.15) is 11.6 Å². The van der Waals surface area contributed by atoms with E-state index in [0.29, 0.717) is 18.0 Å². The predicted molar refractivity (Wildman–Crippen MR) is 74.9 cm³/mol. The minimum atomic E-state index is -0.404. The van der Waals surface area contributed by atoms with Gasteiger partial charge in [0.25, 0.3) is 5.91 Å². The van der Waals surface area contributed by atoms with Crippen molar-refractivity contribution in [1.29, 1.82) is 0 Å². The maximum Gasteiger partial charge on any atom is 0.262 e. The van der Waals surface area contributed by atoms with Gasteiger partial charge < -0.3 is 15.8 Å². The normalized spacial score (nSPS) is 10.1. The number of carbonyl (C=O) groups is 1. The molecule has 2 aromatic rings. The van der Waals surface area contributed by atoms with Crippen LogP contribution in [-0.4, -0.2) is 12.5 Å². The van der Waals surface area contributed by atoms with E-state index in [1.807, 2.05) is 12.1 Å². The molecule has 20 heavy (non-hydrogen) atoms. The molecule has 0 heterocycles. The fourth-order valence-corrected chi connectivity index (χ4v) is 1.68. The zero-order valence-electron chi connectivity index (χ0n) is 10.8. The summed E-state index contributed by atoms with van der Waals surface area (Å²) in [4.78, 5) is 11.7. The Hall–Kier alpha value is -2.40. The largest absolute Gasteiger partial charge is 0.484 e. The number of ether oxygens (including phenoxy) is 1. The Bertz CT molecular complexity index is 602. The smallest absolute Gasteiger partial charge is 0.262 e. The van der Waals surface area contributed by atoms with Gasteiger partial charge in [0.15, 0.2) is 6.61 Å². The van der Waals surface area contributed by atoms with Crippen LogP contribution < -0.4 is 15.8 Å². The fourth-order valence-electron chi connectivity index (χ4n) is 1.68. The molecule has 0 bridgehead atoms. The molecule has 0 saturated carbocycles. The van der Waals surface area contributed by atoms with Gasteiger partial charge in [0.2, 0.25) is 0 Å². The van der Waals surface area contributed by atoms with Crippen molar-refractivity contribution in [2.45, 2.75) is 6.54 Å². The third-order valence-electron chi connectivity index (χ3n) is 2.61. The summed E-state index contributed by atoms with van der Waals surface area (Å²) < 4.78 is 18.1. The summed E-state index contributed by atoms with van der Waals surface area (Å²) in [7, 11) is 0. The second-order valence-corrected chi connectivity index (χ2v) is 4.20. The first kappa shape index (κ1) is 14.0. The van der Waals surface area contributed by atoms with E-state index < -0.39 is 5.82 Å². The van der Waals surface area contributed by atoms with Crippen LogP contribution in [0.4, 0.5) is 10.1 Å². The Morgan fingerprint density at radius 3 is 2.75 bits per heavy atom. The van der Waals surface area contributed by atoms with Gasteiger partial charge in [-0.05, 0) is 29.8 Å². The molecule has 0 spiro atoms. The molecule has 0 saturated heterocycles. The van der Waals surface area contributed by atoms with Crippen LogP contribution in [0.5, 0.6) is 5.75 Å². The molecule has 104 valence electrons. The number of benzene rings is 2. The number of rotatable bonds is 5. The number of nitrogens with two attached hydrogens (primary N) is 1. The predicted octanol–water partition coefficient (Wildman–Crippen LogP) is 2.30. The standard InChI is InChI=1S/C15H15FN2O2/c16-12-4-2-6-14(8-12)20-10-15(19)18-13-5-1-3-11(7-13)9-17/h1-8H,9-10,17H2,(H,18,19). The number of carbonyl (C=O) groups excluding carboxylic acids is 1. The van der Waals surface area contributed by atoms with E-state index in [-0.39, 0.29) is 12.5 Å². The number of nitrogens with one attached hydrogen (secondary N) is 1. The lowest BCUT2D eigenvalue weighted by Gasteiger charge is -2.08. The van der Waals surface area contributed by atoms with Crippen molar-refractivity contribution in [3.63, 3.8) is 0 Å². The maximum atomic E-state index is 12.9. The summed E-state index contributed by atoms with van der Waals surface area (Å²) in [5.74, 6) is -0.405. The van der Waals surface area contributed by atoms with Crippen molar-refractivity contribution in [2.75, 3.05) is 11.9 Å². The van der Waals surface area contributed by atoms with Crippen LogP contribution in [0.2, 0.25) is 0 Å². The average Bonchev–Trinajstić information content (AvgIpc) is 2.45. The first-order valence-electron chi connectivity index (χ1n) is 6.14. The van der Waals surface area contributed by atoms with Crippen molar-refractivity contribution in [2.24, 2.45) is 5.73 Å². The Morgan fingerprint density at radius 2 is 2.00 bits per heavy atom. The average molecular weight is 274 g/mol. The van der Waals surface area contributed by atoms with Crippen LogP contribution in [0.15, 0.2) is 48.5 Å². The molecule has 0 aliphatic rings. The van der Waals surface area contributed by atoms with E-state index in [9.17, 15) is 9.18 Å². The molecule has 2 aromatic carbocycles. The molecule has 3 N–H and O–H groups in total. The van der Waals surface area contributed by atoms with E-state index >= 15 is 0 Å². The molecule has 0 fully saturated rings. The molecule has 4 nitrogen and oxygen atoms in total. The van der Waals surface area contributed by atoms with Gasteiger partial charge in [-0.15, -0.1) is 0 Å². The van der Waals surface area contributed by atoms with Crippen LogP contribution in [0.3, 0.4) is 0 Å². The highest BCUT2D eigenvalue weighted by Gasteiger charge is 2.04. The molecule has 0 atom stereocenters. The van der Waals surface area contributed by atoms with Crippen molar-refractivity contribution >= 4 is 11.6 Å². The lowest BCUT2D eigenvalue weighted by atomic mass is 10.2. The van der Waals surface area contributed by atoms with Gasteiger partial charge in [-0.25, -0.2) is 4.39 Å². The van der Waals surface area contributed by atoms with E-state index in [1.165, 1.54) is 18.2 Å². The minimum Gasteiger partial charge on any atom is -0.484 e. The third kappa shape index (κ3) is 4.07. The maximum absolute atomic E-state index is 12.9. The SMILES string of the molecule is NCc1cccc(NC(=O)COc2cccc(F)c2)c1. The third-order valence-corrected chi connectivity index (χ3v) is 2.61. The lowest BCUT2D eigenvalue weighted by Crippen LogP contribution is -2.20. The highest BCUT2D eigenvalue weighted by Crippen LogP contribution is 2.13. The van der Waals surface area contributed by atoms with E-state index in [0.717, 1.165) is 5.56 Å². The van der Waals surface area contributed by atoms with Crippen molar-refractivity contribution in [1.82, 2.24) is 0 Å². The fraction of sp³-hybridized carbons (Fsp3) is 0.133. The minimum absolute atomic E-state index is 0.184. The van der Waals surface area contributed by atoms with Crippen LogP contribution >= 0.6 is 0 Å². The summed E-state index contributed by atoms with van der Waals surface area (Å²) in [6, 6.07) is 12.9. The molecule has 5 heteroatoms. The van der Waals surface area contributed by atoms with Gasteiger partial charge in [0.05, 0.1) is 0 Å². The van der Waals surface area contributed by atoms with Gasteiger partial charge in [-0.2, -0.15) is 0 Å². The molecule has 2 rings (SSSR count). The number of anilines is 1.